The van der Waals surface area contributed by atoms with Crippen LogP contribution in [0.15, 0.2) is 36.4 Å². The number of thiocarbonyl (C=S) groups is 1. The number of aliphatic carboxylic acids is 1. The van der Waals surface area contributed by atoms with Crippen LogP contribution in [0.25, 0.3) is 0 Å². The van der Waals surface area contributed by atoms with Crippen LogP contribution in [0.4, 0.5) is 28.9 Å². The van der Waals surface area contributed by atoms with Gasteiger partial charge >= 0.3 is 12.1 Å². The van der Waals surface area contributed by atoms with Gasteiger partial charge in [-0.1, -0.05) is 6.92 Å². The van der Waals surface area contributed by atoms with Crippen LogP contribution in [0.3, 0.4) is 0 Å². The van der Waals surface area contributed by atoms with Gasteiger partial charge < -0.3 is 20.6 Å². The second kappa shape index (κ2) is 10.7. The molecular weight excluding hydrogens is 488 g/mol. The van der Waals surface area contributed by atoms with E-state index in [0.29, 0.717) is 19.0 Å². The number of amides is 1. The molecule has 0 aliphatic carbocycles. The van der Waals surface area contributed by atoms with Crippen molar-refractivity contribution in [3.63, 3.8) is 0 Å². The lowest BCUT2D eigenvalue weighted by Crippen LogP contribution is -2.55. The highest BCUT2D eigenvalue weighted by Crippen LogP contribution is 2.34. The number of alkyl halides is 3. The van der Waals surface area contributed by atoms with Crippen LogP contribution < -0.4 is 15.5 Å². The molecule has 1 amide bonds. The zero-order valence-electron chi connectivity index (χ0n) is 19.0. The molecule has 0 unspecified atom stereocenters. The lowest BCUT2D eigenvalue weighted by atomic mass is 10.0. The van der Waals surface area contributed by atoms with Gasteiger partial charge in [0.1, 0.15) is 11.4 Å². The Morgan fingerprint density at radius 3 is 2.34 bits per heavy atom. The molecule has 0 saturated heterocycles. The zero-order valence-corrected chi connectivity index (χ0v) is 19.8. The van der Waals surface area contributed by atoms with E-state index in [-0.39, 0.29) is 22.1 Å². The number of halogens is 4. The maximum Gasteiger partial charge on any atom is 0.417 e. The maximum atomic E-state index is 14.8. The molecule has 2 aromatic rings. The van der Waals surface area contributed by atoms with Crippen molar-refractivity contribution in [2.24, 2.45) is 0 Å². The Morgan fingerprint density at radius 1 is 1.17 bits per heavy atom. The molecule has 0 fully saturated rings. The van der Waals surface area contributed by atoms with Gasteiger partial charge in [-0.25, -0.2) is 9.18 Å². The highest BCUT2D eigenvalue weighted by molar-refractivity contribution is 7.80. The Hall–Kier alpha value is -3.72. The summed E-state index contributed by atoms with van der Waals surface area (Å²) in [6, 6.07) is 7.60. The molecule has 0 bridgehead atoms. The molecular formula is C23H22F4N4O3S. The molecule has 2 rings (SSSR count). The molecule has 186 valence electrons. The van der Waals surface area contributed by atoms with Crippen molar-refractivity contribution in [1.29, 1.82) is 5.26 Å². The SMILES string of the molecule is CCCNC(=O)c1ccc(N(C(=S)Nc2ccc(C#N)c(C(F)(F)F)c2)C(C)(C)C(=O)O)cc1F. The van der Waals surface area contributed by atoms with E-state index >= 15 is 0 Å². The molecule has 35 heavy (non-hydrogen) atoms. The Bertz CT molecular complexity index is 1190. The number of carbonyl (C=O) groups excluding carboxylic acids is 1. The average Bonchev–Trinajstić information content (AvgIpc) is 2.76. The van der Waals surface area contributed by atoms with Crippen molar-refractivity contribution in [1.82, 2.24) is 5.32 Å². The van der Waals surface area contributed by atoms with Gasteiger partial charge in [0.2, 0.25) is 0 Å². The highest BCUT2D eigenvalue weighted by Gasteiger charge is 2.38. The first kappa shape index (κ1) is 27.5. The summed E-state index contributed by atoms with van der Waals surface area (Å²) in [6.07, 6.45) is -4.18. The van der Waals surface area contributed by atoms with Crippen molar-refractivity contribution < 1.29 is 32.3 Å². The minimum atomic E-state index is -4.82. The lowest BCUT2D eigenvalue weighted by Gasteiger charge is -2.37. The van der Waals surface area contributed by atoms with Crippen LogP contribution >= 0.6 is 12.2 Å². The topological polar surface area (TPSA) is 105 Å². The first-order valence-corrected chi connectivity index (χ1v) is 10.7. The van der Waals surface area contributed by atoms with E-state index in [1.807, 2.05) is 6.92 Å². The van der Waals surface area contributed by atoms with Gasteiger partial charge in [-0.15, -0.1) is 0 Å². The van der Waals surface area contributed by atoms with Crippen molar-refractivity contribution in [2.45, 2.75) is 38.9 Å². The number of rotatable bonds is 7. The van der Waals surface area contributed by atoms with E-state index in [4.69, 9.17) is 17.5 Å². The molecule has 0 aliphatic rings. The molecule has 12 heteroatoms. The fourth-order valence-electron chi connectivity index (χ4n) is 3.08. The Balaban J connectivity index is 2.50. The maximum absolute atomic E-state index is 14.8. The van der Waals surface area contributed by atoms with E-state index < -0.39 is 40.5 Å². The first-order valence-electron chi connectivity index (χ1n) is 10.3. The van der Waals surface area contributed by atoms with E-state index in [0.717, 1.165) is 23.1 Å². The third kappa shape index (κ3) is 6.24. The van der Waals surface area contributed by atoms with Crippen molar-refractivity contribution >= 4 is 40.6 Å². The zero-order chi connectivity index (χ0) is 26.6. The fraction of sp³-hybridized carbons (Fsp3) is 0.304. The van der Waals surface area contributed by atoms with Crippen molar-refractivity contribution in [3.8, 4) is 6.07 Å². The molecule has 0 aromatic heterocycles. The quantitative estimate of drug-likeness (QED) is 0.359. The Kier molecular flexibility index (Phi) is 8.41. The van der Waals surface area contributed by atoms with Gasteiger partial charge in [0.15, 0.2) is 5.11 Å². The van der Waals surface area contributed by atoms with Gasteiger partial charge in [0, 0.05) is 17.9 Å². The van der Waals surface area contributed by atoms with Crippen molar-refractivity contribution in [3.05, 3.63) is 58.9 Å². The number of nitriles is 1. The number of carboxylic acid groups (broad SMARTS) is 1. The first-order chi connectivity index (χ1) is 16.2. The Labute approximate surface area is 204 Å². The van der Waals surface area contributed by atoms with E-state index in [1.54, 1.807) is 0 Å². The molecule has 0 spiro atoms. The summed E-state index contributed by atoms with van der Waals surface area (Å²) in [7, 11) is 0. The largest absolute Gasteiger partial charge is 0.480 e. The highest BCUT2D eigenvalue weighted by atomic mass is 32.1. The number of hydrogen-bond donors (Lipinski definition) is 3. The van der Waals surface area contributed by atoms with Gasteiger partial charge in [-0.3, -0.25) is 4.79 Å². The van der Waals surface area contributed by atoms with Crippen LogP contribution in [0.2, 0.25) is 0 Å². The number of hydrogen-bond acceptors (Lipinski definition) is 4. The summed E-state index contributed by atoms with van der Waals surface area (Å²) in [4.78, 5) is 25.1. The summed E-state index contributed by atoms with van der Waals surface area (Å²) < 4.78 is 54.7. The van der Waals surface area contributed by atoms with Gasteiger partial charge in [-0.05, 0) is 68.9 Å². The normalized spacial score (nSPS) is 11.4. The molecule has 2 aromatic carbocycles. The monoisotopic (exact) mass is 510 g/mol. The number of nitrogens with one attached hydrogen (secondary N) is 2. The predicted molar refractivity (Wildman–Crippen MR) is 126 cm³/mol. The third-order valence-corrected chi connectivity index (χ3v) is 5.26. The summed E-state index contributed by atoms with van der Waals surface area (Å²) >= 11 is 5.29. The minimum Gasteiger partial charge on any atom is -0.480 e. The Morgan fingerprint density at radius 2 is 1.83 bits per heavy atom. The summed E-state index contributed by atoms with van der Waals surface area (Å²) in [6.45, 7) is 4.69. The summed E-state index contributed by atoms with van der Waals surface area (Å²) in [5, 5.41) is 23.4. The predicted octanol–water partition coefficient (Wildman–Crippen LogP) is 4.92. The van der Waals surface area contributed by atoms with E-state index in [2.05, 4.69) is 10.6 Å². The molecule has 0 aliphatic heterocycles. The molecule has 0 radical (unpaired) electrons. The van der Waals surface area contributed by atoms with Gasteiger partial charge in [0.25, 0.3) is 5.91 Å². The molecule has 7 nitrogen and oxygen atoms in total. The average molecular weight is 511 g/mol. The van der Waals surface area contributed by atoms with E-state index in [9.17, 15) is 32.3 Å². The van der Waals surface area contributed by atoms with Crippen molar-refractivity contribution in [2.75, 3.05) is 16.8 Å². The fourth-order valence-corrected chi connectivity index (χ4v) is 3.54. The lowest BCUT2D eigenvalue weighted by molar-refractivity contribution is -0.141. The second-order valence-corrected chi connectivity index (χ2v) is 8.31. The third-order valence-electron chi connectivity index (χ3n) is 4.97. The van der Waals surface area contributed by atoms with Crippen LogP contribution in [-0.4, -0.2) is 34.2 Å². The smallest absolute Gasteiger partial charge is 0.417 e. The number of carboxylic acids is 1. The summed E-state index contributed by atoms with van der Waals surface area (Å²) in [5.41, 5.74) is -4.06. The molecule has 3 N–H and O–H groups in total. The molecule has 0 atom stereocenters. The summed E-state index contributed by atoms with van der Waals surface area (Å²) in [5.74, 6) is -2.96. The number of anilines is 2. The standard InChI is InChI=1S/C23H22F4N4O3S/c1-4-9-29-19(32)16-8-7-15(11-18(16)24)31(22(2,3)20(33)34)21(35)30-14-6-5-13(12-28)17(10-14)23(25,26)27/h5-8,10-11H,4,9H2,1-3H3,(H,29,32)(H,30,35)(H,33,34). The van der Waals surface area contributed by atoms with Gasteiger partial charge in [-0.2, -0.15) is 18.4 Å². The van der Waals surface area contributed by atoms with Crippen LogP contribution in [0.5, 0.6) is 0 Å². The van der Waals surface area contributed by atoms with Crippen LogP contribution in [0, 0.1) is 17.1 Å². The second-order valence-electron chi connectivity index (χ2n) is 7.92. The van der Waals surface area contributed by atoms with Crippen LogP contribution in [0.1, 0.15) is 48.7 Å². The number of carbonyl (C=O) groups is 2. The number of benzene rings is 2. The van der Waals surface area contributed by atoms with Crippen LogP contribution in [-0.2, 0) is 11.0 Å². The number of nitrogens with zero attached hydrogens (tertiary/aromatic N) is 2. The molecule has 0 heterocycles. The minimum absolute atomic E-state index is 0.0517. The molecule has 0 saturated carbocycles. The van der Waals surface area contributed by atoms with Gasteiger partial charge in [0.05, 0.1) is 22.8 Å². The van der Waals surface area contributed by atoms with E-state index in [1.165, 1.54) is 32.0 Å².